The number of carbonyl (C=O) groups excluding carboxylic acids is 1. The van der Waals surface area contributed by atoms with Gasteiger partial charge in [0.25, 0.3) is 5.91 Å². The number of nitrogens with zero attached hydrogens (tertiary/aromatic N) is 4. The molecule has 0 radical (unpaired) electrons. The quantitative estimate of drug-likeness (QED) is 0.849. The number of likely N-dealkylation sites (N-methyl/N-ethyl adjacent to an activating group) is 1. The summed E-state index contributed by atoms with van der Waals surface area (Å²) < 4.78 is 1.79. The van der Waals surface area contributed by atoms with E-state index in [1.54, 1.807) is 15.8 Å². The third kappa shape index (κ3) is 2.56. The third-order valence-electron chi connectivity index (χ3n) is 5.10. The van der Waals surface area contributed by atoms with Crippen molar-refractivity contribution < 1.29 is 4.79 Å². The molecule has 25 heavy (non-hydrogen) atoms. The lowest BCUT2D eigenvalue weighted by molar-refractivity contribution is -0.124. The van der Waals surface area contributed by atoms with Gasteiger partial charge in [0.15, 0.2) is 0 Å². The molecule has 1 fully saturated rings. The van der Waals surface area contributed by atoms with Crippen molar-refractivity contribution in [2.45, 2.75) is 18.4 Å². The Labute approximate surface area is 151 Å². The summed E-state index contributed by atoms with van der Waals surface area (Å²) >= 11 is 6.27. The molecule has 130 valence electrons. The SMILES string of the molecule is CN1C(=O)C2(CCNCC2)N=C(c2ccnn2C)c2cc(Cl)ccc21. The van der Waals surface area contributed by atoms with Gasteiger partial charge in [-0.05, 0) is 50.2 Å². The van der Waals surface area contributed by atoms with Crippen LogP contribution in [0.5, 0.6) is 0 Å². The highest BCUT2D eigenvalue weighted by molar-refractivity contribution is 6.32. The van der Waals surface area contributed by atoms with E-state index in [2.05, 4.69) is 10.4 Å². The minimum absolute atomic E-state index is 0.0368. The highest BCUT2D eigenvalue weighted by Crippen LogP contribution is 2.36. The van der Waals surface area contributed by atoms with E-state index in [1.807, 2.05) is 38.4 Å². The normalized spacial score (nSPS) is 19.6. The van der Waals surface area contributed by atoms with E-state index in [0.717, 1.165) is 35.7 Å². The van der Waals surface area contributed by atoms with Gasteiger partial charge in [-0.15, -0.1) is 0 Å². The van der Waals surface area contributed by atoms with Crippen LogP contribution in [0.25, 0.3) is 0 Å². The van der Waals surface area contributed by atoms with E-state index < -0.39 is 5.54 Å². The van der Waals surface area contributed by atoms with E-state index in [1.165, 1.54) is 0 Å². The summed E-state index contributed by atoms with van der Waals surface area (Å²) in [5, 5.41) is 8.23. The standard InChI is InChI=1S/C18H20ClN5O/c1-23-14-4-3-12(19)11-13(14)16(15-5-8-21-24(15)2)22-18(17(23)25)6-9-20-10-7-18/h3-5,8,11,20H,6-7,9-10H2,1-2H3. The maximum absolute atomic E-state index is 13.3. The molecule has 2 aliphatic heterocycles. The minimum Gasteiger partial charge on any atom is -0.317 e. The highest BCUT2D eigenvalue weighted by atomic mass is 35.5. The third-order valence-corrected chi connectivity index (χ3v) is 5.33. The van der Waals surface area contributed by atoms with Crippen molar-refractivity contribution in [1.82, 2.24) is 15.1 Å². The van der Waals surface area contributed by atoms with Crippen LogP contribution in [0.4, 0.5) is 5.69 Å². The molecule has 6 nitrogen and oxygen atoms in total. The van der Waals surface area contributed by atoms with Crippen LogP contribution in [-0.2, 0) is 11.8 Å². The van der Waals surface area contributed by atoms with Crippen LogP contribution in [0.1, 0.15) is 24.1 Å². The highest BCUT2D eigenvalue weighted by Gasteiger charge is 2.44. The van der Waals surface area contributed by atoms with Crippen molar-refractivity contribution in [1.29, 1.82) is 0 Å². The lowest BCUT2D eigenvalue weighted by Gasteiger charge is -2.34. The molecule has 1 spiro atoms. The number of piperidine rings is 1. The van der Waals surface area contributed by atoms with Crippen molar-refractivity contribution in [2.24, 2.45) is 12.0 Å². The van der Waals surface area contributed by atoms with Gasteiger partial charge in [-0.2, -0.15) is 5.10 Å². The number of rotatable bonds is 1. The van der Waals surface area contributed by atoms with Gasteiger partial charge >= 0.3 is 0 Å². The lowest BCUT2D eigenvalue weighted by Crippen LogP contribution is -2.52. The van der Waals surface area contributed by atoms with Crippen LogP contribution in [0.3, 0.4) is 0 Å². The van der Waals surface area contributed by atoms with Gasteiger partial charge in [0.05, 0.1) is 17.1 Å². The molecule has 7 heteroatoms. The van der Waals surface area contributed by atoms with Gasteiger partial charge in [0, 0.05) is 30.9 Å². The fraction of sp³-hybridized carbons (Fsp3) is 0.389. The molecule has 1 amide bonds. The number of anilines is 1. The van der Waals surface area contributed by atoms with Crippen LogP contribution in [-0.4, -0.2) is 47.1 Å². The molecule has 1 saturated heterocycles. The van der Waals surface area contributed by atoms with E-state index in [-0.39, 0.29) is 5.91 Å². The fourth-order valence-corrected chi connectivity index (χ4v) is 3.87. The Morgan fingerprint density at radius 2 is 1.96 bits per heavy atom. The monoisotopic (exact) mass is 357 g/mol. The Morgan fingerprint density at radius 3 is 2.64 bits per heavy atom. The molecule has 0 atom stereocenters. The van der Waals surface area contributed by atoms with E-state index >= 15 is 0 Å². The summed E-state index contributed by atoms with van der Waals surface area (Å²) in [6, 6.07) is 7.51. The zero-order valence-electron chi connectivity index (χ0n) is 14.3. The van der Waals surface area contributed by atoms with Crippen molar-refractivity contribution in [3.63, 3.8) is 0 Å². The summed E-state index contributed by atoms with van der Waals surface area (Å²) in [6.07, 6.45) is 3.10. The van der Waals surface area contributed by atoms with Gasteiger partial charge in [-0.3, -0.25) is 14.5 Å². The largest absolute Gasteiger partial charge is 0.317 e. The first-order chi connectivity index (χ1) is 12.0. The second-order valence-electron chi connectivity index (χ2n) is 6.61. The maximum atomic E-state index is 13.3. The number of benzene rings is 1. The first-order valence-corrected chi connectivity index (χ1v) is 8.77. The first-order valence-electron chi connectivity index (χ1n) is 8.39. The lowest BCUT2D eigenvalue weighted by atomic mass is 9.87. The minimum atomic E-state index is -0.745. The van der Waals surface area contributed by atoms with E-state index in [0.29, 0.717) is 17.9 Å². The Morgan fingerprint density at radius 1 is 1.20 bits per heavy atom. The molecule has 0 unspecified atom stereocenters. The van der Waals surface area contributed by atoms with Gasteiger partial charge in [-0.25, -0.2) is 0 Å². The van der Waals surface area contributed by atoms with Crippen LogP contribution in [0, 0.1) is 0 Å². The fourth-order valence-electron chi connectivity index (χ4n) is 3.70. The van der Waals surface area contributed by atoms with Gasteiger partial charge < -0.3 is 10.2 Å². The number of aryl methyl sites for hydroxylation is 1. The summed E-state index contributed by atoms with van der Waals surface area (Å²) in [7, 11) is 3.70. The Balaban J connectivity index is 2.00. The van der Waals surface area contributed by atoms with Crippen LogP contribution in [0.2, 0.25) is 5.02 Å². The number of nitrogens with one attached hydrogen (secondary N) is 1. The summed E-state index contributed by atoms with van der Waals surface area (Å²) in [5.74, 6) is 0.0368. The molecule has 2 aliphatic rings. The van der Waals surface area contributed by atoms with Crippen molar-refractivity contribution in [2.75, 3.05) is 25.0 Å². The zero-order chi connectivity index (χ0) is 17.6. The predicted octanol–water partition coefficient (Wildman–Crippen LogP) is 2.01. The second kappa shape index (κ2) is 5.97. The molecular weight excluding hydrogens is 338 g/mol. The predicted molar refractivity (Wildman–Crippen MR) is 98.5 cm³/mol. The molecule has 1 N–H and O–H groups in total. The zero-order valence-corrected chi connectivity index (χ0v) is 15.0. The summed E-state index contributed by atoms with van der Waals surface area (Å²) in [4.78, 5) is 20.1. The number of halogens is 1. The number of aromatic nitrogens is 2. The van der Waals surface area contributed by atoms with Gasteiger partial charge in [-0.1, -0.05) is 11.6 Å². The van der Waals surface area contributed by atoms with Gasteiger partial charge in [0.2, 0.25) is 0 Å². The molecule has 1 aromatic heterocycles. The summed E-state index contributed by atoms with van der Waals surface area (Å²) in [6.45, 7) is 1.55. The second-order valence-corrected chi connectivity index (χ2v) is 7.04. The van der Waals surface area contributed by atoms with Crippen LogP contribution >= 0.6 is 11.6 Å². The molecule has 4 rings (SSSR count). The number of hydrogen-bond acceptors (Lipinski definition) is 4. The number of carbonyl (C=O) groups is 1. The molecule has 3 heterocycles. The van der Waals surface area contributed by atoms with Crippen molar-refractivity contribution >= 4 is 28.9 Å². The van der Waals surface area contributed by atoms with Crippen LogP contribution < -0.4 is 10.2 Å². The Bertz CT molecular complexity index is 866. The Kier molecular flexibility index (Phi) is 3.89. The van der Waals surface area contributed by atoms with Crippen molar-refractivity contribution in [3.8, 4) is 0 Å². The van der Waals surface area contributed by atoms with E-state index in [4.69, 9.17) is 16.6 Å². The Hall–Kier alpha value is -2.18. The molecular formula is C18H20ClN5O. The maximum Gasteiger partial charge on any atom is 0.254 e. The van der Waals surface area contributed by atoms with Crippen LogP contribution in [0.15, 0.2) is 35.5 Å². The number of hydrogen-bond donors (Lipinski definition) is 1. The molecule has 1 aromatic carbocycles. The number of amides is 1. The number of aliphatic imine (C=N–C) groups is 1. The topological polar surface area (TPSA) is 62.5 Å². The average Bonchev–Trinajstić information content (AvgIpc) is 3.02. The average molecular weight is 358 g/mol. The van der Waals surface area contributed by atoms with Gasteiger partial charge in [0.1, 0.15) is 5.54 Å². The summed E-state index contributed by atoms with van der Waals surface area (Å²) in [5.41, 5.74) is 2.60. The molecule has 0 aliphatic carbocycles. The smallest absolute Gasteiger partial charge is 0.254 e. The molecule has 2 aromatic rings. The van der Waals surface area contributed by atoms with E-state index in [9.17, 15) is 4.79 Å². The number of fused-ring (bicyclic) bond motifs is 1. The first kappa shape index (κ1) is 16.3. The van der Waals surface area contributed by atoms with Crippen molar-refractivity contribution in [3.05, 3.63) is 46.7 Å². The molecule has 0 saturated carbocycles. The molecule has 0 bridgehead atoms.